The lowest BCUT2D eigenvalue weighted by molar-refractivity contribution is -0.134. The van der Waals surface area contributed by atoms with Gasteiger partial charge in [-0.2, -0.15) is 0 Å². The van der Waals surface area contributed by atoms with Crippen LogP contribution >= 0.6 is 0 Å². The number of phenols is 1. The zero-order valence-electron chi connectivity index (χ0n) is 24.5. The average molecular weight is 576 g/mol. The molecule has 2 amide bonds. The van der Waals surface area contributed by atoms with Crippen LogP contribution in [0.2, 0.25) is 0 Å². The van der Waals surface area contributed by atoms with Crippen molar-refractivity contribution in [3.05, 3.63) is 64.7 Å². The van der Waals surface area contributed by atoms with E-state index in [2.05, 4.69) is 28.1 Å². The van der Waals surface area contributed by atoms with Gasteiger partial charge in [-0.15, -0.1) is 0 Å². The molecule has 0 spiro atoms. The third-order valence-corrected chi connectivity index (χ3v) is 6.17. The van der Waals surface area contributed by atoms with Crippen LogP contribution in [0, 0.1) is 0 Å². The second-order valence-corrected chi connectivity index (χ2v) is 9.80. The highest BCUT2D eigenvalue weighted by Crippen LogP contribution is 2.22. The lowest BCUT2D eigenvalue weighted by atomic mass is 10.1. The topological polar surface area (TPSA) is 160 Å². The van der Waals surface area contributed by atoms with Crippen molar-refractivity contribution >= 4 is 12.0 Å². The number of ether oxygens (including phenoxy) is 1. The van der Waals surface area contributed by atoms with Crippen LogP contribution in [0.25, 0.3) is 0 Å². The van der Waals surface area contributed by atoms with Gasteiger partial charge >= 0.3 is 6.03 Å². The minimum absolute atomic E-state index is 0.0428. The molecule has 10 heteroatoms. The van der Waals surface area contributed by atoms with E-state index in [-0.39, 0.29) is 18.4 Å². The van der Waals surface area contributed by atoms with E-state index < -0.39 is 12.1 Å². The van der Waals surface area contributed by atoms with Crippen molar-refractivity contribution in [2.75, 3.05) is 32.8 Å². The van der Waals surface area contributed by atoms with E-state index >= 15 is 0 Å². The number of aromatic hydroxyl groups is 1. The summed E-state index contributed by atoms with van der Waals surface area (Å²) in [5.74, 6) is -0.791. The van der Waals surface area contributed by atoms with E-state index in [1.807, 2.05) is 19.1 Å². The fourth-order valence-corrected chi connectivity index (χ4v) is 4.04. The number of carboxylic acids is 1. The Kier molecular flexibility index (Phi) is 19.7. The zero-order valence-corrected chi connectivity index (χ0v) is 24.5. The van der Waals surface area contributed by atoms with Crippen molar-refractivity contribution in [3.63, 3.8) is 0 Å². The Morgan fingerprint density at radius 2 is 1.61 bits per heavy atom. The SMILES string of the molecule is CC(=O)O.CCNC(=O)NCc1cccc(CCCCOCCCCCCNC[C@H](O)c2ccc(O)c(CO)c2)c1. The standard InChI is InChI=1S/C29H45N3O5.C2H4O2/c1-2-31-29(36)32-20-24-12-9-11-23(18-24)10-5-8-17-37-16-7-4-3-6-15-30-21-28(35)25-13-14-27(34)26(19-25)22-33;1-2(3)4/h9,11-14,18-19,28,30,33-35H,2-8,10,15-17,20-22H2,1H3,(H2,31,32,36);1H3,(H,3,4)/t28-;/m0./s1. The molecule has 7 N–H and O–H groups in total. The molecule has 2 rings (SSSR count). The van der Waals surface area contributed by atoms with Crippen molar-refractivity contribution in [2.24, 2.45) is 0 Å². The minimum Gasteiger partial charge on any atom is -0.508 e. The van der Waals surface area contributed by atoms with Crippen LogP contribution < -0.4 is 16.0 Å². The Morgan fingerprint density at radius 1 is 0.927 bits per heavy atom. The van der Waals surface area contributed by atoms with Gasteiger partial charge in [-0.05, 0) is 74.4 Å². The summed E-state index contributed by atoms with van der Waals surface area (Å²) < 4.78 is 5.78. The first-order chi connectivity index (χ1) is 19.8. The highest BCUT2D eigenvalue weighted by Gasteiger charge is 2.10. The predicted octanol–water partition coefficient (Wildman–Crippen LogP) is 4.02. The Hall–Kier alpha value is -3.18. The zero-order chi connectivity index (χ0) is 30.3. The molecule has 10 nitrogen and oxygen atoms in total. The Morgan fingerprint density at radius 3 is 2.32 bits per heavy atom. The summed E-state index contributed by atoms with van der Waals surface area (Å²) in [7, 11) is 0. The first-order valence-corrected chi connectivity index (χ1v) is 14.4. The molecule has 2 aromatic rings. The summed E-state index contributed by atoms with van der Waals surface area (Å²) >= 11 is 0. The number of rotatable bonds is 19. The van der Waals surface area contributed by atoms with Crippen LogP contribution in [-0.2, 0) is 29.1 Å². The van der Waals surface area contributed by atoms with E-state index in [9.17, 15) is 20.1 Å². The van der Waals surface area contributed by atoms with E-state index in [4.69, 9.17) is 14.6 Å². The van der Waals surface area contributed by atoms with E-state index in [1.165, 1.54) is 11.6 Å². The molecule has 0 heterocycles. The van der Waals surface area contributed by atoms with Crippen molar-refractivity contribution in [1.82, 2.24) is 16.0 Å². The fraction of sp³-hybridized carbons (Fsp3) is 0.548. The maximum absolute atomic E-state index is 11.5. The first kappa shape index (κ1) is 35.8. The quantitative estimate of drug-likeness (QED) is 0.124. The number of amides is 2. The number of hydrogen-bond acceptors (Lipinski definition) is 7. The molecule has 0 saturated heterocycles. The third kappa shape index (κ3) is 18.0. The van der Waals surface area contributed by atoms with Gasteiger partial charge < -0.3 is 41.1 Å². The number of carboxylic acid groups (broad SMARTS) is 1. The van der Waals surface area contributed by atoms with Gasteiger partial charge in [0.15, 0.2) is 0 Å². The van der Waals surface area contributed by atoms with Crippen LogP contribution in [0.1, 0.15) is 80.7 Å². The molecule has 0 aliphatic heterocycles. The van der Waals surface area contributed by atoms with Gasteiger partial charge in [0, 0.05) is 45.3 Å². The van der Waals surface area contributed by atoms with Crippen molar-refractivity contribution in [3.8, 4) is 5.75 Å². The lowest BCUT2D eigenvalue weighted by Gasteiger charge is -2.14. The molecule has 230 valence electrons. The fourth-order valence-electron chi connectivity index (χ4n) is 4.04. The van der Waals surface area contributed by atoms with Crippen molar-refractivity contribution in [2.45, 2.75) is 78.0 Å². The Balaban J connectivity index is 0.00000196. The number of aliphatic hydroxyl groups is 2. The van der Waals surface area contributed by atoms with Gasteiger partial charge in [0.1, 0.15) is 5.75 Å². The maximum Gasteiger partial charge on any atom is 0.315 e. The number of carbonyl (C=O) groups excluding carboxylic acids is 1. The molecule has 0 aromatic heterocycles. The molecule has 1 atom stereocenters. The van der Waals surface area contributed by atoms with Gasteiger partial charge in [0.2, 0.25) is 0 Å². The number of hydrogen-bond donors (Lipinski definition) is 7. The summed E-state index contributed by atoms with van der Waals surface area (Å²) in [5, 5.41) is 45.4. The molecule has 0 bridgehead atoms. The number of aliphatic carboxylic acids is 1. The molecule has 41 heavy (non-hydrogen) atoms. The number of urea groups is 1. The van der Waals surface area contributed by atoms with Crippen LogP contribution in [-0.4, -0.2) is 65.3 Å². The lowest BCUT2D eigenvalue weighted by Crippen LogP contribution is -2.34. The number of benzene rings is 2. The number of carbonyl (C=O) groups is 2. The molecule has 0 aliphatic carbocycles. The molecule has 0 saturated carbocycles. The Labute approximate surface area is 244 Å². The predicted molar refractivity (Wildman–Crippen MR) is 160 cm³/mol. The molecule has 0 aliphatic rings. The van der Waals surface area contributed by atoms with Crippen LogP contribution in [0.5, 0.6) is 5.75 Å². The number of aliphatic hydroxyl groups excluding tert-OH is 2. The minimum atomic E-state index is -0.833. The molecular weight excluding hydrogens is 526 g/mol. The molecule has 2 aromatic carbocycles. The molecular formula is C31H49N3O7. The van der Waals surface area contributed by atoms with Crippen LogP contribution in [0.15, 0.2) is 42.5 Å². The Bertz CT molecular complexity index is 999. The van der Waals surface area contributed by atoms with E-state index in [0.29, 0.717) is 30.8 Å². The summed E-state index contributed by atoms with van der Waals surface area (Å²) in [5.41, 5.74) is 3.51. The molecule has 0 unspecified atom stereocenters. The van der Waals surface area contributed by atoms with Crippen LogP contribution in [0.4, 0.5) is 4.79 Å². The van der Waals surface area contributed by atoms with Crippen molar-refractivity contribution in [1.29, 1.82) is 0 Å². The smallest absolute Gasteiger partial charge is 0.315 e. The summed E-state index contributed by atoms with van der Waals surface area (Å²) in [6, 6.07) is 13.0. The maximum atomic E-state index is 11.5. The number of unbranched alkanes of at least 4 members (excludes halogenated alkanes) is 4. The second-order valence-electron chi connectivity index (χ2n) is 9.80. The number of aryl methyl sites for hydroxylation is 1. The first-order valence-electron chi connectivity index (χ1n) is 14.4. The molecule has 0 radical (unpaired) electrons. The average Bonchev–Trinajstić information content (AvgIpc) is 2.94. The van der Waals surface area contributed by atoms with E-state index in [0.717, 1.165) is 77.2 Å². The van der Waals surface area contributed by atoms with Gasteiger partial charge in [0.25, 0.3) is 5.97 Å². The highest BCUT2D eigenvalue weighted by molar-refractivity contribution is 5.73. The van der Waals surface area contributed by atoms with Gasteiger partial charge in [-0.3, -0.25) is 4.79 Å². The van der Waals surface area contributed by atoms with Gasteiger partial charge in [-0.25, -0.2) is 4.79 Å². The van der Waals surface area contributed by atoms with Gasteiger partial charge in [0.05, 0.1) is 12.7 Å². The van der Waals surface area contributed by atoms with Crippen LogP contribution in [0.3, 0.4) is 0 Å². The monoisotopic (exact) mass is 575 g/mol. The highest BCUT2D eigenvalue weighted by atomic mass is 16.5. The molecule has 0 fully saturated rings. The van der Waals surface area contributed by atoms with E-state index in [1.54, 1.807) is 12.1 Å². The van der Waals surface area contributed by atoms with Gasteiger partial charge in [-0.1, -0.05) is 43.2 Å². The second kappa shape index (κ2) is 22.5. The normalized spacial score (nSPS) is 11.3. The number of nitrogens with one attached hydrogen (secondary N) is 3. The largest absolute Gasteiger partial charge is 0.508 e. The third-order valence-electron chi connectivity index (χ3n) is 6.17. The summed E-state index contributed by atoms with van der Waals surface area (Å²) in [6.07, 6.45) is 6.80. The summed E-state index contributed by atoms with van der Waals surface area (Å²) in [4.78, 5) is 20.5. The summed E-state index contributed by atoms with van der Waals surface area (Å²) in [6.45, 7) is 6.74. The van der Waals surface area contributed by atoms with Crippen molar-refractivity contribution < 1.29 is 34.8 Å².